The van der Waals surface area contributed by atoms with Crippen molar-refractivity contribution in [2.75, 3.05) is 39.9 Å². The molecule has 0 aromatic heterocycles. The zero-order valence-corrected chi connectivity index (χ0v) is 15.3. The van der Waals surface area contributed by atoms with Gasteiger partial charge in [0.1, 0.15) is 11.5 Å². The maximum Gasteiger partial charge on any atom is 0.253 e. The van der Waals surface area contributed by atoms with E-state index in [-0.39, 0.29) is 11.8 Å². The molecule has 0 radical (unpaired) electrons. The number of carbonyl (C=O) groups excluding carboxylic acids is 2. The van der Waals surface area contributed by atoms with Crippen LogP contribution in [0.3, 0.4) is 0 Å². The predicted octanol–water partition coefficient (Wildman–Crippen LogP) is 2.23. The summed E-state index contributed by atoms with van der Waals surface area (Å²) in [5, 5.41) is 0. The van der Waals surface area contributed by atoms with Crippen molar-refractivity contribution in [3.63, 3.8) is 0 Å². The van der Waals surface area contributed by atoms with Crippen LogP contribution in [0, 0.1) is 0 Å². The first kappa shape index (κ1) is 17.4. The summed E-state index contributed by atoms with van der Waals surface area (Å²) in [5.41, 5.74) is 2.41. The lowest BCUT2D eigenvalue weighted by molar-refractivity contribution is 0.0535. The van der Waals surface area contributed by atoms with Crippen LogP contribution in [0.25, 0.3) is 0 Å². The first-order chi connectivity index (χ1) is 13.2. The maximum absolute atomic E-state index is 12.8. The molecule has 6 heteroatoms. The van der Waals surface area contributed by atoms with Gasteiger partial charge in [0, 0.05) is 43.7 Å². The Kier molecular flexibility index (Phi) is 4.71. The van der Waals surface area contributed by atoms with Crippen molar-refractivity contribution in [3.05, 3.63) is 59.2 Å². The molecule has 2 aliphatic rings. The van der Waals surface area contributed by atoms with Gasteiger partial charge < -0.3 is 19.3 Å². The van der Waals surface area contributed by atoms with E-state index < -0.39 is 0 Å². The molecule has 0 spiro atoms. The monoisotopic (exact) mass is 366 g/mol. The molecular weight excluding hydrogens is 344 g/mol. The number of hydrogen-bond donors (Lipinski definition) is 0. The van der Waals surface area contributed by atoms with E-state index in [0.29, 0.717) is 43.9 Å². The molecule has 2 amide bonds. The minimum absolute atomic E-state index is 0.0144. The number of hydrogen-bond acceptors (Lipinski definition) is 4. The van der Waals surface area contributed by atoms with Crippen molar-refractivity contribution in [1.29, 1.82) is 0 Å². The fourth-order valence-electron chi connectivity index (χ4n) is 3.53. The smallest absolute Gasteiger partial charge is 0.253 e. The summed E-state index contributed by atoms with van der Waals surface area (Å²) >= 11 is 0. The van der Waals surface area contributed by atoms with E-state index in [0.717, 1.165) is 23.5 Å². The number of benzene rings is 2. The van der Waals surface area contributed by atoms with E-state index in [1.165, 1.54) is 0 Å². The highest BCUT2D eigenvalue weighted by atomic mass is 16.5. The average Bonchev–Trinajstić information content (AvgIpc) is 3.21. The summed E-state index contributed by atoms with van der Waals surface area (Å²) in [4.78, 5) is 29.0. The van der Waals surface area contributed by atoms with Crippen LogP contribution in [-0.2, 0) is 6.42 Å². The predicted molar refractivity (Wildman–Crippen MR) is 100 cm³/mol. The van der Waals surface area contributed by atoms with Gasteiger partial charge in [-0.1, -0.05) is 0 Å². The Morgan fingerprint density at radius 2 is 1.48 bits per heavy atom. The standard InChI is InChI=1S/C21H22N2O4/c1-26-18-5-2-15(3-6-18)20(24)22-9-11-23(12-10-22)21(25)17-4-7-19-16(14-17)8-13-27-19/h2-7,14H,8-13H2,1H3. The average molecular weight is 366 g/mol. The maximum atomic E-state index is 12.8. The van der Waals surface area contributed by atoms with Crippen LogP contribution in [0.5, 0.6) is 11.5 Å². The highest BCUT2D eigenvalue weighted by molar-refractivity contribution is 5.96. The zero-order chi connectivity index (χ0) is 18.8. The number of ether oxygens (including phenoxy) is 2. The molecule has 27 heavy (non-hydrogen) atoms. The Morgan fingerprint density at radius 3 is 2.11 bits per heavy atom. The van der Waals surface area contributed by atoms with E-state index in [4.69, 9.17) is 9.47 Å². The number of amides is 2. The van der Waals surface area contributed by atoms with Crippen molar-refractivity contribution < 1.29 is 19.1 Å². The molecule has 6 nitrogen and oxygen atoms in total. The minimum atomic E-state index is -0.0144. The molecule has 0 bridgehead atoms. The normalized spacial score (nSPS) is 15.9. The number of piperazine rings is 1. The van der Waals surface area contributed by atoms with Crippen LogP contribution >= 0.6 is 0 Å². The summed E-state index contributed by atoms with van der Waals surface area (Å²) in [6.07, 6.45) is 0.848. The molecule has 2 aromatic carbocycles. The summed E-state index contributed by atoms with van der Waals surface area (Å²) in [7, 11) is 1.60. The van der Waals surface area contributed by atoms with Crippen molar-refractivity contribution in [2.24, 2.45) is 0 Å². The molecule has 0 N–H and O–H groups in total. The molecule has 1 fully saturated rings. The minimum Gasteiger partial charge on any atom is -0.497 e. The molecular formula is C21H22N2O4. The van der Waals surface area contributed by atoms with Crippen LogP contribution in [-0.4, -0.2) is 61.5 Å². The second-order valence-corrected chi connectivity index (χ2v) is 6.73. The zero-order valence-electron chi connectivity index (χ0n) is 15.3. The Balaban J connectivity index is 1.38. The fourth-order valence-corrected chi connectivity index (χ4v) is 3.53. The third-order valence-electron chi connectivity index (χ3n) is 5.13. The highest BCUT2D eigenvalue weighted by Crippen LogP contribution is 2.26. The van der Waals surface area contributed by atoms with Gasteiger partial charge in [-0.3, -0.25) is 9.59 Å². The first-order valence-corrected chi connectivity index (χ1v) is 9.14. The number of methoxy groups -OCH3 is 1. The Morgan fingerprint density at radius 1 is 0.889 bits per heavy atom. The fraction of sp³-hybridized carbons (Fsp3) is 0.333. The number of rotatable bonds is 3. The van der Waals surface area contributed by atoms with E-state index in [1.807, 2.05) is 23.1 Å². The molecule has 0 aliphatic carbocycles. The molecule has 4 rings (SSSR count). The number of nitrogens with zero attached hydrogens (tertiary/aromatic N) is 2. The Labute approximate surface area is 158 Å². The van der Waals surface area contributed by atoms with Crippen molar-refractivity contribution in [3.8, 4) is 11.5 Å². The van der Waals surface area contributed by atoms with Gasteiger partial charge in [0.15, 0.2) is 0 Å². The lowest BCUT2D eigenvalue weighted by Crippen LogP contribution is -2.50. The molecule has 0 atom stereocenters. The number of fused-ring (bicyclic) bond motifs is 1. The van der Waals surface area contributed by atoms with E-state index in [9.17, 15) is 9.59 Å². The van der Waals surface area contributed by atoms with Gasteiger partial charge in [0.2, 0.25) is 0 Å². The van der Waals surface area contributed by atoms with Gasteiger partial charge >= 0.3 is 0 Å². The van der Waals surface area contributed by atoms with Crippen LogP contribution in [0.4, 0.5) is 0 Å². The second-order valence-electron chi connectivity index (χ2n) is 6.73. The van der Waals surface area contributed by atoms with Gasteiger partial charge in [-0.05, 0) is 48.0 Å². The Hall–Kier alpha value is -3.02. The lowest BCUT2D eigenvalue weighted by Gasteiger charge is -2.35. The van der Waals surface area contributed by atoms with Gasteiger partial charge in [0.05, 0.1) is 13.7 Å². The van der Waals surface area contributed by atoms with Gasteiger partial charge in [-0.25, -0.2) is 0 Å². The molecule has 2 aliphatic heterocycles. The summed E-state index contributed by atoms with van der Waals surface area (Å²) in [5.74, 6) is 1.60. The summed E-state index contributed by atoms with van der Waals surface area (Å²) in [6, 6.07) is 12.7. The van der Waals surface area contributed by atoms with Crippen LogP contribution in [0.1, 0.15) is 26.3 Å². The topological polar surface area (TPSA) is 59.1 Å². The second kappa shape index (κ2) is 7.31. The molecule has 0 unspecified atom stereocenters. The molecule has 2 heterocycles. The first-order valence-electron chi connectivity index (χ1n) is 9.14. The van der Waals surface area contributed by atoms with Gasteiger partial charge in [-0.15, -0.1) is 0 Å². The van der Waals surface area contributed by atoms with Crippen molar-refractivity contribution in [2.45, 2.75) is 6.42 Å². The van der Waals surface area contributed by atoms with E-state index in [2.05, 4.69) is 0 Å². The lowest BCUT2D eigenvalue weighted by atomic mass is 10.1. The van der Waals surface area contributed by atoms with Crippen LogP contribution < -0.4 is 9.47 Å². The highest BCUT2D eigenvalue weighted by Gasteiger charge is 2.26. The third kappa shape index (κ3) is 3.47. The van der Waals surface area contributed by atoms with Gasteiger partial charge in [0.25, 0.3) is 11.8 Å². The third-order valence-corrected chi connectivity index (χ3v) is 5.13. The van der Waals surface area contributed by atoms with E-state index in [1.54, 1.807) is 36.3 Å². The van der Waals surface area contributed by atoms with Crippen LogP contribution in [0.2, 0.25) is 0 Å². The van der Waals surface area contributed by atoms with Crippen molar-refractivity contribution >= 4 is 11.8 Å². The summed E-state index contributed by atoms with van der Waals surface area (Å²) in [6.45, 7) is 2.82. The van der Waals surface area contributed by atoms with Crippen LogP contribution in [0.15, 0.2) is 42.5 Å². The molecule has 0 saturated carbocycles. The van der Waals surface area contributed by atoms with Crippen molar-refractivity contribution in [1.82, 2.24) is 9.80 Å². The Bertz CT molecular complexity index is 855. The molecule has 1 saturated heterocycles. The quantitative estimate of drug-likeness (QED) is 0.836. The molecule has 2 aromatic rings. The molecule has 140 valence electrons. The number of carbonyl (C=O) groups is 2. The SMILES string of the molecule is COc1ccc(C(=O)N2CCN(C(=O)c3ccc4c(c3)CCO4)CC2)cc1. The summed E-state index contributed by atoms with van der Waals surface area (Å²) < 4.78 is 10.6. The largest absolute Gasteiger partial charge is 0.497 e. The van der Waals surface area contributed by atoms with Gasteiger partial charge in [-0.2, -0.15) is 0 Å². The van der Waals surface area contributed by atoms with E-state index >= 15 is 0 Å².